The first-order chi connectivity index (χ1) is 12.5. The van der Waals surface area contributed by atoms with E-state index < -0.39 is 4.92 Å². The molecule has 0 aliphatic rings. The van der Waals surface area contributed by atoms with Crippen LogP contribution >= 0.6 is 0 Å². The zero-order valence-electron chi connectivity index (χ0n) is 14.2. The Labute approximate surface area is 149 Å². The summed E-state index contributed by atoms with van der Waals surface area (Å²) in [5, 5.41) is 21.1. The zero-order valence-corrected chi connectivity index (χ0v) is 14.2. The summed E-state index contributed by atoms with van der Waals surface area (Å²) in [5.74, 6) is 1.20. The number of methoxy groups -OCH3 is 1. The van der Waals surface area contributed by atoms with Gasteiger partial charge in [0, 0.05) is 0 Å². The summed E-state index contributed by atoms with van der Waals surface area (Å²) >= 11 is 0. The molecular weight excluding hydrogens is 336 g/mol. The molecule has 1 N–H and O–H groups in total. The number of hydrogen-bond acceptors (Lipinski definition) is 6. The first-order valence-corrected chi connectivity index (χ1v) is 7.74. The Hall–Kier alpha value is -3.61. The second-order valence-electron chi connectivity index (χ2n) is 5.59. The third-order valence-electron chi connectivity index (χ3n) is 3.76. The predicted octanol–water partition coefficient (Wildman–Crippen LogP) is 4.63. The van der Waals surface area contributed by atoms with Crippen molar-refractivity contribution in [3.63, 3.8) is 0 Å². The molecule has 0 aliphatic carbocycles. The number of nitro groups is 1. The molecule has 1 heterocycles. The van der Waals surface area contributed by atoms with Crippen molar-refractivity contribution >= 4 is 17.6 Å². The van der Waals surface area contributed by atoms with Gasteiger partial charge >= 0.3 is 0 Å². The highest BCUT2D eigenvalue weighted by molar-refractivity contribution is 5.81. The molecule has 0 unspecified atom stereocenters. The summed E-state index contributed by atoms with van der Waals surface area (Å²) < 4.78 is 10.7. The topological polar surface area (TPSA) is 98.1 Å². The van der Waals surface area contributed by atoms with E-state index in [1.165, 1.54) is 19.4 Å². The summed E-state index contributed by atoms with van der Waals surface area (Å²) in [6, 6.07) is 12.9. The molecule has 0 bridgehead atoms. The summed E-state index contributed by atoms with van der Waals surface area (Å²) in [4.78, 5) is 15.0. The Morgan fingerprint density at radius 2 is 2.00 bits per heavy atom. The molecule has 2 aromatic carbocycles. The number of phenols is 1. The minimum absolute atomic E-state index is 0.0596. The van der Waals surface area contributed by atoms with Crippen LogP contribution in [0.15, 0.2) is 57.9 Å². The van der Waals surface area contributed by atoms with E-state index in [0.29, 0.717) is 28.5 Å². The molecule has 0 amide bonds. The van der Waals surface area contributed by atoms with Gasteiger partial charge < -0.3 is 14.3 Å². The van der Waals surface area contributed by atoms with Gasteiger partial charge in [0.15, 0.2) is 0 Å². The van der Waals surface area contributed by atoms with Crippen LogP contribution in [0.3, 0.4) is 0 Å². The molecule has 26 heavy (non-hydrogen) atoms. The van der Waals surface area contributed by atoms with Crippen LogP contribution in [0, 0.1) is 17.0 Å². The van der Waals surface area contributed by atoms with Crippen molar-refractivity contribution < 1.29 is 19.2 Å². The molecule has 0 aliphatic heterocycles. The molecule has 0 saturated carbocycles. The molecule has 0 fully saturated rings. The highest BCUT2D eigenvalue weighted by atomic mass is 16.6. The zero-order chi connectivity index (χ0) is 18.7. The number of phenolic OH excluding ortho intramolecular Hbond substituents is 1. The van der Waals surface area contributed by atoms with E-state index in [0.717, 1.165) is 5.56 Å². The van der Waals surface area contributed by atoms with Gasteiger partial charge in [-0.25, -0.2) is 4.99 Å². The molecule has 1 aromatic heterocycles. The molecule has 0 saturated heterocycles. The van der Waals surface area contributed by atoms with E-state index in [9.17, 15) is 15.2 Å². The van der Waals surface area contributed by atoms with Gasteiger partial charge in [-0.15, -0.1) is 0 Å². The van der Waals surface area contributed by atoms with E-state index in [-0.39, 0.29) is 11.4 Å². The van der Waals surface area contributed by atoms with Gasteiger partial charge in [-0.2, -0.15) is 0 Å². The van der Waals surface area contributed by atoms with Crippen molar-refractivity contribution in [1.29, 1.82) is 0 Å². The van der Waals surface area contributed by atoms with Gasteiger partial charge in [-0.05, 0) is 48.9 Å². The smallest absolute Gasteiger partial charge is 0.284 e. The number of nitrogens with zero attached hydrogens (tertiary/aromatic N) is 2. The van der Waals surface area contributed by atoms with Crippen LogP contribution in [0.1, 0.15) is 11.3 Å². The molecule has 3 aromatic rings. The van der Waals surface area contributed by atoms with Crippen molar-refractivity contribution in [1.82, 2.24) is 0 Å². The van der Waals surface area contributed by atoms with Crippen LogP contribution in [0.2, 0.25) is 0 Å². The number of furan rings is 1. The van der Waals surface area contributed by atoms with E-state index >= 15 is 0 Å². The minimum Gasteiger partial charge on any atom is -0.506 e. The fourth-order valence-corrected chi connectivity index (χ4v) is 2.43. The van der Waals surface area contributed by atoms with E-state index in [4.69, 9.17) is 9.15 Å². The predicted molar refractivity (Wildman–Crippen MR) is 97.4 cm³/mol. The van der Waals surface area contributed by atoms with Gasteiger partial charge in [0.1, 0.15) is 28.7 Å². The lowest BCUT2D eigenvalue weighted by Crippen LogP contribution is -1.93. The van der Waals surface area contributed by atoms with Gasteiger partial charge in [0.05, 0.1) is 29.9 Å². The molecule has 0 spiro atoms. The van der Waals surface area contributed by atoms with Crippen LogP contribution in [0.25, 0.3) is 11.3 Å². The number of aromatic hydroxyl groups is 1. The lowest BCUT2D eigenvalue weighted by Gasteiger charge is -2.03. The maximum atomic E-state index is 11.3. The monoisotopic (exact) mass is 352 g/mol. The van der Waals surface area contributed by atoms with E-state index in [2.05, 4.69) is 4.99 Å². The number of ether oxygens (including phenoxy) is 1. The highest BCUT2D eigenvalue weighted by Crippen LogP contribution is 2.34. The molecule has 3 rings (SSSR count). The SMILES string of the molecule is COc1ccc(-c2ccc(C=Nc3cc(C)ccc3O)o2)c([N+](=O)[O-])c1. The molecule has 0 atom stereocenters. The Balaban J connectivity index is 1.92. The van der Waals surface area contributed by atoms with Gasteiger partial charge in [-0.3, -0.25) is 10.1 Å². The van der Waals surface area contributed by atoms with Crippen molar-refractivity contribution in [3.05, 3.63) is 70.0 Å². The normalized spacial score (nSPS) is 11.0. The number of nitro benzene ring substituents is 1. The Bertz CT molecular complexity index is 991. The van der Waals surface area contributed by atoms with Crippen LogP contribution < -0.4 is 4.74 Å². The first-order valence-electron chi connectivity index (χ1n) is 7.74. The number of hydrogen-bond donors (Lipinski definition) is 1. The molecule has 7 nitrogen and oxygen atoms in total. The lowest BCUT2D eigenvalue weighted by molar-refractivity contribution is -0.384. The van der Waals surface area contributed by atoms with Gasteiger partial charge in [0.25, 0.3) is 5.69 Å². The van der Waals surface area contributed by atoms with Crippen LogP contribution in [-0.4, -0.2) is 23.4 Å². The number of aryl methyl sites for hydroxylation is 1. The van der Waals surface area contributed by atoms with Gasteiger partial charge in [-0.1, -0.05) is 6.07 Å². The quantitative estimate of drug-likeness (QED) is 0.410. The Kier molecular flexibility index (Phi) is 4.70. The maximum Gasteiger partial charge on any atom is 0.284 e. The first kappa shape index (κ1) is 17.2. The van der Waals surface area contributed by atoms with Crippen molar-refractivity contribution in [3.8, 4) is 22.8 Å². The summed E-state index contributed by atoms with van der Waals surface area (Å²) in [7, 11) is 1.45. The Morgan fingerprint density at radius 3 is 2.73 bits per heavy atom. The van der Waals surface area contributed by atoms with Crippen LogP contribution in [-0.2, 0) is 0 Å². The highest BCUT2D eigenvalue weighted by Gasteiger charge is 2.19. The number of aliphatic imine (C=N–C) groups is 1. The maximum absolute atomic E-state index is 11.3. The third kappa shape index (κ3) is 3.56. The minimum atomic E-state index is -0.487. The number of benzene rings is 2. The summed E-state index contributed by atoms with van der Waals surface area (Å²) in [6.07, 6.45) is 1.45. The molecule has 7 heteroatoms. The fourth-order valence-electron chi connectivity index (χ4n) is 2.43. The van der Waals surface area contributed by atoms with Gasteiger partial charge in [0.2, 0.25) is 0 Å². The Morgan fingerprint density at radius 1 is 1.19 bits per heavy atom. The van der Waals surface area contributed by atoms with E-state index in [1.807, 2.05) is 6.92 Å². The second kappa shape index (κ2) is 7.10. The second-order valence-corrected chi connectivity index (χ2v) is 5.59. The lowest BCUT2D eigenvalue weighted by atomic mass is 10.1. The third-order valence-corrected chi connectivity index (χ3v) is 3.76. The standard InChI is InChI=1S/C19H16N2O5/c1-12-3-7-18(22)16(9-12)20-11-14-5-8-19(26-14)15-6-4-13(25-2)10-17(15)21(23)24/h3-11,22H,1-2H3. The summed E-state index contributed by atoms with van der Waals surface area (Å²) in [5.41, 5.74) is 1.61. The average Bonchev–Trinajstić information content (AvgIpc) is 3.10. The summed E-state index contributed by atoms with van der Waals surface area (Å²) in [6.45, 7) is 1.90. The number of rotatable bonds is 5. The van der Waals surface area contributed by atoms with Crippen molar-refractivity contribution in [2.45, 2.75) is 6.92 Å². The van der Waals surface area contributed by atoms with E-state index in [1.54, 1.807) is 42.5 Å². The average molecular weight is 352 g/mol. The van der Waals surface area contributed by atoms with Crippen LogP contribution in [0.5, 0.6) is 11.5 Å². The van der Waals surface area contributed by atoms with Crippen LogP contribution in [0.4, 0.5) is 11.4 Å². The molecular formula is C19H16N2O5. The fraction of sp³-hybridized carbons (Fsp3) is 0.105. The van der Waals surface area contributed by atoms with Crippen molar-refractivity contribution in [2.75, 3.05) is 7.11 Å². The van der Waals surface area contributed by atoms with Crippen molar-refractivity contribution in [2.24, 2.45) is 4.99 Å². The largest absolute Gasteiger partial charge is 0.506 e. The molecule has 0 radical (unpaired) electrons. The molecule has 132 valence electrons.